The van der Waals surface area contributed by atoms with Crippen molar-refractivity contribution in [2.24, 2.45) is 0 Å². The van der Waals surface area contributed by atoms with Crippen molar-refractivity contribution in [2.75, 3.05) is 33.3 Å². The van der Waals surface area contributed by atoms with E-state index in [0.29, 0.717) is 13.1 Å². The minimum Gasteiger partial charge on any atom is -0.377 e. The molecule has 1 atom stereocenters. The number of ether oxygens (including phenoxy) is 1. The first-order valence-electron chi connectivity index (χ1n) is 7.87. The van der Waals surface area contributed by atoms with E-state index in [1.807, 2.05) is 12.1 Å². The molecule has 7 nitrogen and oxygen atoms in total. The van der Waals surface area contributed by atoms with Gasteiger partial charge in [0.15, 0.2) is 0 Å². The summed E-state index contributed by atoms with van der Waals surface area (Å²) in [4.78, 5) is 29.3. The van der Waals surface area contributed by atoms with Crippen molar-refractivity contribution in [1.29, 1.82) is 0 Å². The maximum Gasteiger partial charge on any atom is 0.242 e. The van der Waals surface area contributed by atoms with Crippen LogP contribution in [-0.2, 0) is 20.9 Å². The molecule has 0 aromatic carbocycles. The molecule has 126 valence electrons. The first kappa shape index (κ1) is 17.4. The first-order valence-corrected chi connectivity index (χ1v) is 7.87. The van der Waals surface area contributed by atoms with Crippen LogP contribution in [0.2, 0.25) is 0 Å². The lowest BCUT2D eigenvalue weighted by Crippen LogP contribution is -2.42. The first-order chi connectivity index (χ1) is 11.1. The minimum absolute atomic E-state index is 0.00277. The lowest BCUT2D eigenvalue weighted by atomic mass is 10.2. The lowest BCUT2D eigenvalue weighted by Gasteiger charge is -2.17. The third kappa shape index (κ3) is 6.33. The maximum atomic E-state index is 12.0. The summed E-state index contributed by atoms with van der Waals surface area (Å²) in [5.41, 5.74) is 0.952. The van der Waals surface area contributed by atoms with Gasteiger partial charge in [0.25, 0.3) is 0 Å². The Bertz CT molecular complexity index is 503. The van der Waals surface area contributed by atoms with Crippen LogP contribution in [0.3, 0.4) is 0 Å². The molecule has 1 saturated heterocycles. The largest absolute Gasteiger partial charge is 0.377 e. The van der Waals surface area contributed by atoms with Gasteiger partial charge in [0.05, 0.1) is 19.2 Å². The average Bonchev–Trinajstić information content (AvgIpc) is 3.07. The van der Waals surface area contributed by atoms with Gasteiger partial charge in [0, 0.05) is 39.1 Å². The summed E-state index contributed by atoms with van der Waals surface area (Å²) in [6.45, 7) is 2.13. The molecule has 0 saturated carbocycles. The Hall–Kier alpha value is -1.99. The second-order valence-electron chi connectivity index (χ2n) is 5.65. The number of carbonyl (C=O) groups excluding carboxylic acids is 2. The molecule has 7 heteroatoms. The van der Waals surface area contributed by atoms with Crippen LogP contribution >= 0.6 is 0 Å². The Morgan fingerprint density at radius 2 is 2.30 bits per heavy atom. The van der Waals surface area contributed by atoms with E-state index in [1.165, 1.54) is 0 Å². The van der Waals surface area contributed by atoms with Crippen molar-refractivity contribution in [2.45, 2.75) is 25.5 Å². The zero-order valence-corrected chi connectivity index (χ0v) is 13.5. The number of hydrogen-bond donors (Lipinski definition) is 2. The molecule has 1 fully saturated rings. The molecule has 1 aliphatic rings. The Morgan fingerprint density at radius 1 is 1.43 bits per heavy atom. The summed E-state index contributed by atoms with van der Waals surface area (Å²) in [6.07, 6.45) is 5.73. The van der Waals surface area contributed by atoms with Crippen molar-refractivity contribution < 1.29 is 14.3 Å². The molecule has 2 heterocycles. The van der Waals surface area contributed by atoms with Gasteiger partial charge >= 0.3 is 0 Å². The fourth-order valence-electron chi connectivity index (χ4n) is 2.38. The molecule has 0 bridgehead atoms. The van der Waals surface area contributed by atoms with Crippen LogP contribution in [-0.4, -0.2) is 61.1 Å². The number of aromatic nitrogens is 1. The number of amides is 2. The zero-order valence-electron chi connectivity index (χ0n) is 13.5. The van der Waals surface area contributed by atoms with Crippen molar-refractivity contribution in [1.82, 2.24) is 20.5 Å². The van der Waals surface area contributed by atoms with E-state index >= 15 is 0 Å². The SMILES string of the molecule is CN(Cc1cccnc1)C(=O)CNC(=O)CNCC1CCCO1. The normalized spacial score (nSPS) is 17.0. The van der Waals surface area contributed by atoms with Crippen LogP contribution in [0.4, 0.5) is 0 Å². The molecule has 0 radical (unpaired) electrons. The average molecular weight is 320 g/mol. The van der Waals surface area contributed by atoms with Gasteiger partial charge < -0.3 is 20.3 Å². The molecule has 2 amide bonds. The van der Waals surface area contributed by atoms with Crippen LogP contribution in [0.5, 0.6) is 0 Å². The molecule has 1 aliphatic heterocycles. The third-order valence-electron chi connectivity index (χ3n) is 3.69. The van der Waals surface area contributed by atoms with E-state index in [0.717, 1.165) is 25.0 Å². The van der Waals surface area contributed by atoms with Gasteiger partial charge in [-0.1, -0.05) is 6.07 Å². The summed E-state index contributed by atoms with van der Waals surface area (Å²) in [7, 11) is 1.71. The Kier molecular flexibility index (Phi) is 6.96. The highest BCUT2D eigenvalue weighted by Crippen LogP contribution is 2.10. The summed E-state index contributed by atoms with van der Waals surface area (Å²) in [6, 6.07) is 3.74. The van der Waals surface area contributed by atoms with E-state index in [2.05, 4.69) is 15.6 Å². The van der Waals surface area contributed by atoms with Crippen LogP contribution in [0.15, 0.2) is 24.5 Å². The maximum absolute atomic E-state index is 12.0. The number of nitrogens with zero attached hydrogens (tertiary/aromatic N) is 2. The zero-order chi connectivity index (χ0) is 16.5. The number of pyridine rings is 1. The van der Waals surface area contributed by atoms with Gasteiger partial charge in [-0.15, -0.1) is 0 Å². The number of carbonyl (C=O) groups is 2. The van der Waals surface area contributed by atoms with Crippen molar-refractivity contribution in [3.05, 3.63) is 30.1 Å². The summed E-state index contributed by atoms with van der Waals surface area (Å²) >= 11 is 0. The number of nitrogens with one attached hydrogen (secondary N) is 2. The molecule has 1 aromatic heterocycles. The molecule has 1 aromatic rings. The van der Waals surface area contributed by atoms with Gasteiger partial charge in [-0.05, 0) is 24.5 Å². The van der Waals surface area contributed by atoms with Crippen LogP contribution in [0, 0.1) is 0 Å². The number of hydrogen-bond acceptors (Lipinski definition) is 5. The van der Waals surface area contributed by atoms with E-state index in [1.54, 1.807) is 24.3 Å². The minimum atomic E-state index is -0.189. The van der Waals surface area contributed by atoms with Gasteiger partial charge in [0.1, 0.15) is 0 Å². The fraction of sp³-hybridized carbons (Fsp3) is 0.562. The standard InChI is InChI=1S/C16H24N4O3/c1-20(12-13-4-2-6-17-8-13)16(22)11-19-15(21)10-18-9-14-5-3-7-23-14/h2,4,6,8,14,18H,3,5,7,9-12H2,1H3,(H,19,21). The fourth-order valence-corrected chi connectivity index (χ4v) is 2.38. The summed E-state index contributed by atoms with van der Waals surface area (Å²) in [5.74, 6) is -0.326. The molecule has 2 rings (SSSR count). The second-order valence-corrected chi connectivity index (χ2v) is 5.65. The summed E-state index contributed by atoms with van der Waals surface area (Å²) < 4.78 is 5.46. The summed E-state index contributed by atoms with van der Waals surface area (Å²) in [5, 5.41) is 5.68. The van der Waals surface area contributed by atoms with Gasteiger partial charge in [0.2, 0.25) is 11.8 Å². The van der Waals surface area contributed by atoms with E-state index < -0.39 is 0 Å². The highest BCUT2D eigenvalue weighted by molar-refractivity contribution is 5.85. The molecule has 1 unspecified atom stereocenters. The van der Waals surface area contributed by atoms with Crippen molar-refractivity contribution in [3.63, 3.8) is 0 Å². The van der Waals surface area contributed by atoms with Crippen LogP contribution in [0.1, 0.15) is 18.4 Å². The highest BCUT2D eigenvalue weighted by atomic mass is 16.5. The Balaban J connectivity index is 1.60. The van der Waals surface area contributed by atoms with Crippen LogP contribution in [0.25, 0.3) is 0 Å². The van der Waals surface area contributed by atoms with Gasteiger partial charge in [-0.2, -0.15) is 0 Å². The van der Waals surface area contributed by atoms with Crippen molar-refractivity contribution >= 4 is 11.8 Å². The highest BCUT2D eigenvalue weighted by Gasteiger charge is 2.15. The third-order valence-corrected chi connectivity index (χ3v) is 3.69. The quantitative estimate of drug-likeness (QED) is 0.700. The molecular formula is C16H24N4O3. The Labute approximate surface area is 136 Å². The topological polar surface area (TPSA) is 83.6 Å². The smallest absolute Gasteiger partial charge is 0.242 e. The number of likely N-dealkylation sites (N-methyl/N-ethyl adjacent to an activating group) is 1. The monoisotopic (exact) mass is 320 g/mol. The van der Waals surface area contributed by atoms with E-state index in [9.17, 15) is 9.59 Å². The van der Waals surface area contributed by atoms with Crippen molar-refractivity contribution in [3.8, 4) is 0 Å². The molecule has 0 spiro atoms. The van der Waals surface area contributed by atoms with Crippen LogP contribution < -0.4 is 10.6 Å². The molecular weight excluding hydrogens is 296 g/mol. The molecule has 2 N–H and O–H groups in total. The molecule has 0 aliphatic carbocycles. The lowest BCUT2D eigenvalue weighted by molar-refractivity contribution is -0.132. The van der Waals surface area contributed by atoms with E-state index in [-0.39, 0.29) is 31.0 Å². The Morgan fingerprint density at radius 3 is 3.00 bits per heavy atom. The predicted octanol–water partition coefficient (Wildman–Crippen LogP) is -0.0752. The van der Waals surface area contributed by atoms with Gasteiger partial charge in [-0.25, -0.2) is 0 Å². The predicted molar refractivity (Wildman–Crippen MR) is 85.6 cm³/mol. The molecule has 23 heavy (non-hydrogen) atoms. The van der Waals surface area contributed by atoms with Gasteiger partial charge in [-0.3, -0.25) is 14.6 Å². The van der Waals surface area contributed by atoms with E-state index in [4.69, 9.17) is 4.74 Å². The number of rotatable bonds is 8. The second kappa shape index (κ2) is 9.22.